The largest absolute Gasteiger partial charge is 0.481 e. The second-order valence-corrected chi connectivity index (χ2v) is 3.68. The first kappa shape index (κ1) is 10.9. The van der Waals surface area contributed by atoms with Crippen molar-refractivity contribution in [3.8, 4) is 0 Å². The first-order chi connectivity index (χ1) is 7.43. The SMILES string of the molecule is O=C(O)C1CC1c1cc(F)c(F)c(F)c1F. The summed E-state index contributed by atoms with van der Waals surface area (Å²) in [7, 11) is 0. The maximum Gasteiger partial charge on any atom is 0.307 e. The molecule has 2 nitrogen and oxygen atoms in total. The normalized spacial score (nSPS) is 23.2. The maximum absolute atomic E-state index is 13.2. The molecule has 86 valence electrons. The van der Waals surface area contributed by atoms with Crippen LogP contribution in [0.1, 0.15) is 17.9 Å². The maximum atomic E-state index is 13.2. The van der Waals surface area contributed by atoms with Crippen molar-refractivity contribution in [2.24, 2.45) is 5.92 Å². The molecule has 2 unspecified atom stereocenters. The molecule has 1 aromatic rings. The zero-order valence-corrected chi connectivity index (χ0v) is 7.81. The fourth-order valence-electron chi connectivity index (χ4n) is 1.67. The summed E-state index contributed by atoms with van der Waals surface area (Å²) < 4.78 is 51.4. The minimum atomic E-state index is -1.90. The van der Waals surface area contributed by atoms with Gasteiger partial charge in [-0.1, -0.05) is 0 Å². The van der Waals surface area contributed by atoms with Gasteiger partial charge in [-0.2, -0.15) is 0 Å². The van der Waals surface area contributed by atoms with Crippen molar-refractivity contribution in [1.82, 2.24) is 0 Å². The molecule has 1 aromatic carbocycles. The Kier molecular flexibility index (Phi) is 2.36. The van der Waals surface area contributed by atoms with Crippen molar-refractivity contribution in [3.05, 3.63) is 34.9 Å². The third-order valence-electron chi connectivity index (χ3n) is 2.64. The summed E-state index contributed by atoms with van der Waals surface area (Å²) in [4.78, 5) is 10.5. The van der Waals surface area contributed by atoms with E-state index in [1.54, 1.807) is 0 Å². The molecule has 2 rings (SSSR count). The van der Waals surface area contributed by atoms with Crippen molar-refractivity contribution in [2.45, 2.75) is 12.3 Å². The quantitative estimate of drug-likeness (QED) is 0.484. The zero-order chi connectivity index (χ0) is 12.0. The summed E-state index contributed by atoms with van der Waals surface area (Å²) in [5.41, 5.74) is -0.413. The Labute approximate surface area is 87.5 Å². The predicted molar refractivity (Wildman–Crippen MR) is 44.8 cm³/mol. The first-order valence-electron chi connectivity index (χ1n) is 4.49. The molecule has 0 aromatic heterocycles. The number of carbonyl (C=O) groups is 1. The number of carboxylic acid groups (broad SMARTS) is 1. The van der Waals surface area contributed by atoms with Gasteiger partial charge in [-0.25, -0.2) is 17.6 Å². The number of halogens is 4. The summed E-state index contributed by atoms with van der Waals surface area (Å²) in [5, 5.41) is 8.59. The lowest BCUT2D eigenvalue weighted by Crippen LogP contribution is -2.04. The highest BCUT2D eigenvalue weighted by atomic mass is 19.2. The number of hydrogen-bond acceptors (Lipinski definition) is 1. The molecule has 6 heteroatoms. The average Bonchev–Trinajstić information content (AvgIpc) is 3.00. The molecule has 0 aliphatic heterocycles. The van der Waals surface area contributed by atoms with Gasteiger partial charge in [0.05, 0.1) is 5.92 Å². The second-order valence-electron chi connectivity index (χ2n) is 3.68. The number of rotatable bonds is 2. The number of hydrogen-bond donors (Lipinski definition) is 1. The Morgan fingerprint density at radius 1 is 1.19 bits per heavy atom. The summed E-state index contributed by atoms with van der Waals surface area (Å²) in [6.07, 6.45) is 0.108. The third kappa shape index (κ3) is 1.54. The van der Waals surface area contributed by atoms with Crippen molar-refractivity contribution < 1.29 is 27.5 Å². The average molecular weight is 234 g/mol. The van der Waals surface area contributed by atoms with Crippen LogP contribution in [-0.2, 0) is 4.79 Å². The van der Waals surface area contributed by atoms with Gasteiger partial charge in [0.2, 0.25) is 0 Å². The van der Waals surface area contributed by atoms with Gasteiger partial charge < -0.3 is 5.11 Å². The van der Waals surface area contributed by atoms with Crippen molar-refractivity contribution >= 4 is 5.97 Å². The lowest BCUT2D eigenvalue weighted by Gasteiger charge is -2.04. The van der Waals surface area contributed by atoms with Crippen LogP contribution < -0.4 is 0 Å². The highest BCUT2D eigenvalue weighted by molar-refractivity contribution is 5.75. The van der Waals surface area contributed by atoms with Gasteiger partial charge in [-0.3, -0.25) is 4.79 Å². The van der Waals surface area contributed by atoms with E-state index >= 15 is 0 Å². The Morgan fingerprint density at radius 2 is 1.81 bits per heavy atom. The number of aliphatic carboxylic acids is 1. The molecule has 1 saturated carbocycles. The van der Waals surface area contributed by atoms with Crippen LogP contribution in [0.25, 0.3) is 0 Å². The van der Waals surface area contributed by atoms with E-state index in [0.717, 1.165) is 0 Å². The fourth-order valence-corrected chi connectivity index (χ4v) is 1.67. The van der Waals surface area contributed by atoms with Gasteiger partial charge in [-0.05, 0) is 18.1 Å². The number of carboxylic acids is 1. The van der Waals surface area contributed by atoms with Crippen LogP contribution in [-0.4, -0.2) is 11.1 Å². The van der Waals surface area contributed by atoms with Crippen molar-refractivity contribution in [2.75, 3.05) is 0 Å². The lowest BCUT2D eigenvalue weighted by atomic mass is 10.1. The van der Waals surface area contributed by atoms with Crippen LogP contribution in [0.5, 0.6) is 0 Å². The van der Waals surface area contributed by atoms with Gasteiger partial charge in [-0.15, -0.1) is 0 Å². The molecule has 16 heavy (non-hydrogen) atoms. The van der Waals surface area contributed by atoms with Gasteiger partial charge in [0.15, 0.2) is 23.3 Å². The molecule has 0 amide bonds. The van der Waals surface area contributed by atoms with E-state index in [2.05, 4.69) is 0 Å². The van der Waals surface area contributed by atoms with Crippen LogP contribution in [0.2, 0.25) is 0 Å². The molecule has 0 spiro atoms. The Morgan fingerprint density at radius 3 is 2.31 bits per heavy atom. The van der Waals surface area contributed by atoms with E-state index in [1.807, 2.05) is 0 Å². The van der Waals surface area contributed by atoms with E-state index in [1.165, 1.54) is 0 Å². The fraction of sp³-hybridized carbons (Fsp3) is 0.300. The molecule has 1 N–H and O–H groups in total. The van der Waals surface area contributed by atoms with Gasteiger partial charge >= 0.3 is 5.97 Å². The van der Waals surface area contributed by atoms with E-state index in [-0.39, 0.29) is 6.42 Å². The lowest BCUT2D eigenvalue weighted by molar-refractivity contribution is -0.138. The molecule has 0 saturated heterocycles. The highest BCUT2D eigenvalue weighted by Gasteiger charge is 2.46. The second kappa shape index (κ2) is 3.47. The molecular weight excluding hydrogens is 228 g/mol. The topological polar surface area (TPSA) is 37.3 Å². The smallest absolute Gasteiger partial charge is 0.307 e. The standard InChI is InChI=1S/C10H6F4O2/c11-6-2-4(3-1-5(3)10(15)16)7(12)9(14)8(6)13/h2-3,5H,1H2,(H,15,16). The monoisotopic (exact) mass is 234 g/mol. The zero-order valence-electron chi connectivity index (χ0n) is 7.81. The molecule has 1 fully saturated rings. The Balaban J connectivity index is 2.41. The van der Waals surface area contributed by atoms with Gasteiger partial charge in [0.25, 0.3) is 0 Å². The third-order valence-corrected chi connectivity index (χ3v) is 2.64. The van der Waals surface area contributed by atoms with Crippen LogP contribution in [0.4, 0.5) is 17.6 Å². The summed E-state index contributed by atoms with van der Waals surface area (Å²) in [6.45, 7) is 0. The molecule has 2 atom stereocenters. The Bertz CT molecular complexity index is 472. The summed E-state index contributed by atoms with van der Waals surface area (Å²) in [6, 6.07) is 0.515. The summed E-state index contributed by atoms with van der Waals surface area (Å²) >= 11 is 0. The van der Waals surface area contributed by atoms with Gasteiger partial charge in [0.1, 0.15) is 0 Å². The first-order valence-corrected chi connectivity index (χ1v) is 4.49. The van der Waals surface area contributed by atoms with Crippen molar-refractivity contribution in [3.63, 3.8) is 0 Å². The molecule has 0 bridgehead atoms. The van der Waals surface area contributed by atoms with E-state index < -0.39 is 46.6 Å². The van der Waals surface area contributed by atoms with Crippen molar-refractivity contribution in [1.29, 1.82) is 0 Å². The molecule has 0 radical (unpaired) electrons. The van der Waals surface area contributed by atoms with Crippen LogP contribution >= 0.6 is 0 Å². The minimum absolute atomic E-state index is 0.108. The number of benzene rings is 1. The van der Waals surface area contributed by atoms with Gasteiger partial charge in [0, 0.05) is 5.92 Å². The van der Waals surface area contributed by atoms with E-state index in [0.29, 0.717) is 6.07 Å². The van der Waals surface area contributed by atoms with Crippen LogP contribution in [0.15, 0.2) is 6.07 Å². The predicted octanol–water partition coefficient (Wildman–Crippen LogP) is 2.43. The van der Waals surface area contributed by atoms with Crippen LogP contribution in [0, 0.1) is 29.2 Å². The summed E-state index contributed by atoms with van der Waals surface area (Å²) in [5.74, 6) is -9.58. The molecular formula is C10H6F4O2. The molecule has 0 heterocycles. The molecule has 1 aliphatic rings. The highest BCUT2D eigenvalue weighted by Crippen LogP contribution is 2.48. The minimum Gasteiger partial charge on any atom is -0.481 e. The van der Waals surface area contributed by atoms with E-state index in [4.69, 9.17) is 5.11 Å². The molecule has 1 aliphatic carbocycles. The van der Waals surface area contributed by atoms with Crippen LogP contribution in [0.3, 0.4) is 0 Å². The van der Waals surface area contributed by atoms with E-state index in [9.17, 15) is 22.4 Å². The Hall–Kier alpha value is -1.59.